The summed E-state index contributed by atoms with van der Waals surface area (Å²) in [7, 11) is 0. The van der Waals surface area contributed by atoms with E-state index in [2.05, 4.69) is 0 Å². The monoisotopic (exact) mass is 382 g/mol. The molecule has 0 saturated carbocycles. The number of hydrogen-bond donors (Lipinski definition) is 0. The van der Waals surface area contributed by atoms with Gasteiger partial charge < -0.3 is 21.9 Å². The first-order valence-electron chi connectivity index (χ1n) is 0. The molecule has 0 unspecified atom stereocenters. The normalized spacial score (nSPS) is 0. The Kier molecular flexibility index (Phi) is 622. The van der Waals surface area contributed by atoms with Gasteiger partial charge in [-0.05, 0) is 0 Å². The Morgan fingerprint density at radius 3 is 0.429 bits per heavy atom. The van der Waals surface area contributed by atoms with Crippen LogP contribution in [0.4, 0.5) is 0 Å². The predicted molar refractivity (Wildman–Crippen MR) is 8.50 cm³/mol. The molecule has 0 aromatic rings. The number of hydrogen-bond acceptors (Lipinski definition) is 0. The van der Waals surface area contributed by atoms with Crippen molar-refractivity contribution in [2.75, 3.05) is 0 Å². The van der Waals surface area contributed by atoms with Crippen LogP contribution in [-0.4, -0.2) is 37.7 Å². The van der Waals surface area contributed by atoms with Gasteiger partial charge >= 0.3 is 109 Å². The molecule has 0 spiro atoms. The van der Waals surface area contributed by atoms with E-state index in [1.54, 1.807) is 0 Å². The average molecular weight is 382 g/mol. The van der Waals surface area contributed by atoms with Crippen LogP contribution in [0.1, 0.15) is 0 Å². The van der Waals surface area contributed by atoms with E-state index in [0.29, 0.717) is 0 Å². The van der Waals surface area contributed by atoms with Crippen LogP contribution in [-0.2, 0) is 21.9 Å². The SMILES string of the molecule is [Ca+2].[La+3].[La+3].[O-2].[O-2].[O-2].[O-2]. The van der Waals surface area contributed by atoms with Gasteiger partial charge in [0.05, 0.1) is 0 Å². The minimum Gasteiger partial charge on any atom is -2.00 e. The Hall–Kier alpha value is 3.49. The molecule has 0 aliphatic rings. The third-order valence-corrected chi connectivity index (χ3v) is 0. The zero-order valence-electron chi connectivity index (χ0n) is 3.49. The van der Waals surface area contributed by atoms with E-state index in [9.17, 15) is 0 Å². The second kappa shape index (κ2) is 56.2. The summed E-state index contributed by atoms with van der Waals surface area (Å²) >= 11 is 0. The fraction of sp³-hybridized carbons (Fsp3) is 0. The zero-order chi connectivity index (χ0) is 0. The Morgan fingerprint density at radius 2 is 0.429 bits per heavy atom. The largest absolute Gasteiger partial charge is 3.00 e. The second-order valence-corrected chi connectivity index (χ2v) is 0. The van der Waals surface area contributed by atoms with E-state index < -0.39 is 0 Å². The first-order valence-corrected chi connectivity index (χ1v) is 0. The van der Waals surface area contributed by atoms with Crippen LogP contribution in [0, 0.1) is 71.2 Å². The van der Waals surface area contributed by atoms with Crippen molar-refractivity contribution in [3.8, 4) is 0 Å². The minimum atomic E-state index is 0. The fourth-order valence-electron chi connectivity index (χ4n) is 0. The van der Waals surface area contributed by atoms with Crippen LogP contribution in [0.15, 0.2) is 0 Å². The maximum Gasteiger partial charge on any atom is 3.00 e. The molecule has 0 rings (SSSR count). The van der Waals surface area contributed by atoms with Crippen molar-refractivity contribution in [1.29, 1.82) is 0 Å². The smallest absolute Gasteiger partial charge is 2.00 e. The fourth-order valence-corrected chi connectivity index (χ4v) is 0. The third-order valence-electron chi connectivity index (χ3n) is 0. The topological polar surface area (TPSA) is 114 Å². The molecule has 0 amide bonds. The molecule has 0 fully saturated rings. The van der Waals surface area contributed by atoms with Crippen molar-refractivity contribution in [3.63, 3.8) is 0 Å². The molecule has 0 radical (unpaired) electrons. The number of rotatable bonds is 0. The summed E-state index contributed by atoms with van der Waals surface area (Å²) in [5.74, 6) is 0. The van der Waals surface area contributed by atoms with Crippen molar-refractivity contribution >= 4 is 37.7 Å². The molecule has 0 aliphatic carbocycles. The quantitative estimate of drug-likeness (QED) is 0.486. The van der Waals surface area contributed by atoms with Gasteiger partial charge in [0.1, 0.15) is 0 Å². The van der Waals surface area contributed by atoms with Gasteiger partial charge in [-0.15, -0.1) is 0 Å². The van der Waals surface area contributed by atoms with Gasteiger partial charge in [0.2, 0.25) is 0 Å². The molecule has 0 aromatic heterocycles. The predicted octanol–water partition coefficient (Wildman–Crippen LogP) is -0.856. The summed E-state index contributed by atoms with van der Waals surface area (Å²) < 4.78 is 0. The van der Waals surface area contributed by atoms with Gasteiger partial charge in [0.25, 0.3) is 0 Å². The first kappa shape index (κ1) is 77.6. The van der Waals surface area contributed by atoms with Gasteiger partial charge in [-0.1, -0.05) is 0 Å². The van der Waals surface area contributed by atoms with Crippen LogP contribution < -0.4 is 0 Å². The van der Waals surface area contributed by atoms with Crippen LogP contribution >= 0.6 is 0 Å². The Morgan fingerprint density at radius 1 is 0.429 bits per heavy atom. The Balaban J connectivity index is 0. The van der Waals surface area contributed by atoms with Crippen molar-refractivity contribution in [3.05, 3.63) is 0 Å². The zero-order valence-corrected chi connectivity index (χ0v) is 13.0. The molecule has 0 aliphatic heterocycles. The molecule has 4 nitrogen and oxygen atoms in total. The maximum absolute atomic E-state index is 0. The third kappa shape index (κ3) is 43.7. The van der Waals surface area contributed by atoms with E-state index in [4.69, 9.17) is 0 Å². The van der Waals surface area contributed by atoms with Gasteiger partial charge in [-0.25, -0.2) is 0 Å². The molecule has 0 atom stereocenters. The maximum atomic E-state index is 0. The van der Waals surface area contributed by atoms with Crippen LogP contribution in [0.5, 0.6) is 0 Å². The molecule has 32 valence electrons. The Bertz CT molecular complexity index is 9.65. The first-order chi connectivity index (χ1) is 0. The molecule has 0 bridgehead atoms. The van der Waals surface area contributed by atoms with Crippen molar-refractivity contribution in [1.82, 2.24) is 0 Å². The van der Waals surface area contributed by atoms with Crippen molar-refractivity contribution in [2.45, 2.75) is 0 Å². The van der Waals surface area contributed by atoms with E-state index in [0.717, 1.165) is 0 Å². The molecule has 7 heavy (non-hydrogen) atoms. The van der Waals surface area contributed by atoms with E-state index >= 15 is 0 Å². The van der Waals surface area contributed by atoms with E-state index in [1.807, 2.05) is 0 Å². The van der Waals surface area contributed by atoms with Crippen LogP contribution in [0.3, 0.4) is 0 Å². The standard InChI is InChI=1S/Ca.2La.4O/q+2;2*+3;4*-2. The molecule has 0 aromatic carbocycles. The summed E-state index contributed by atoms with van der Waals surface area (Å²) in [6.45, 7) is 0. The van der Waals surface area contributed by atoms with E-state index in [-0.39, 0.29) is 131 Å². The summed E-state index contributed by atoms with van der Waals surface area (Å²) in [6.07, 6.45) is 0. The summed E-state index contributed by atoms with van der Waals surface area (Å²) in [5, 5.41) is 0. The molecule has 7 heteroatoms. The van der Waals surface area contributed by atoms with Crippen molar-refractivity contribution < 1.29 is 93.1 Å². The van der Waals surface area contributed by atoms with Crippen LogP contribution in [0.2, 0.25) is 0 Å². The molecule has 0 saturated heterocycles. The molecule has 0 heterocycles. The minimum absolute atomic E-state index is 0. The summed E-state index contributed by atoms with van der Waals surface area (Å²) in [4.78, 5) is 0. The molecule has 0 N–H and O–H groups in total. The summed E-state index contributed by atoms with van der Waals surface area (Å²) in [6, 6.07) is 0. The van der Waals surface area contributed by atoms with Crippen molar-refractivity contribution in [2.24, 2.45) is 0 Å². The van der Waals surface area contributed by atoms with Crippen LogP contribution in [0.25, 0.3) is 0 Å². The average Bonchev–Trinajstić information content (AvgIpc) is 0. The van der Waals surface area contributed by atoms with E-state index in [1.165, 1.54) is 0 Å². The summed E-state index contributed by atoms with van der Waals surface area (Å²) in [5.41, 5.74) is 0. The van der Waals surface area contributed by atoms with Gasteiger partial charge in [-0.2, -0.15) is 0 Å². The van der Waals surface area contributed by atoms with Gasteiger partial charge in [-0.3, -0.25) is 0 Å². The van der Waals surface area contributed by atoms with Gasteiger partial charge in [0.15, 0.2) is 0 Å². The van der Waals surface area contributed by atoms with Gasteiger partial charge in [0, 0.05) is 0 Å². The molecular weight excluding hydrogens is 382 g/mol. The Labute approximate surface area is 128 Å². The second-order valence-electron chi connectivity index (χ2n) is 0. The molecular formula is CaLa2O4.